The van der Waals surface area contributed by atoms with Crippen molar-refractivity contribution in [2.24, 2.45) is 0 Å². The van der Waals surface area contributed by atoms with Crippen molar-refractivity contribution in [3.8, 4) is 0 Å². The van der Waals surface area contributed by atoms with Gasteiger partial charge in [0.15, 0.2) is 0 Å². The molecule has 0 aromatic rings. The first kappa shape index (κ1) is 35.8. The lowest BCUT2D eigenvalue weighted by atomic mass is 10.2. The van der Waals surface area contributed by atoms with E-state index in [2.05, 4.69) is 31.9 Å². The van der Waals surface area contributed by atoms with Gasteiger partial charge in [0.2, 0.25) is 23.6 Å². The molecule has 0 aromatic heterocycles. The van der Waals surface area contributed by atoms with E-state index in [0.29, 0.717) is 0 Å². The minimum atomic E-state index is -1.08. The molecule has 0 aliphatic heterocycles. The van der Waals surface area contributed by atoms with Gasteiger partial charge in [-0.25, -0.2) is 0 Å². The van der Waals surface area contributed by atoms with E-state index in [0.717, 1.165) is 0 Å². The second kappa shape index (κ2) is 18.6. The van der Waals surface area contributed by atoms with Gasteiger partial charge < -0.3 is 31.9 Å². The van der Waals surface area contributed by atoms with Gasteiger partial charge in [-0.3, -0.25) is 19.2 Å². The maximum absolute atomic E-state index is 11.7. The van der Waals surface area contributed by atoms with Gasteiger partial charge >= 0.3 is 0 Å². The van der Waals surface area contributed by atoms with E-state index in [1.165, 1.54) is 0 Å². The SMILES string of the molecule is C.C.C.C.CNCNC(=O)CC(=O)NC(C)(C)NC(=O)CC(=O)NCNC. The molecule has 6 N–H and O–H groups in total. The Hall–Kier alpha value is -2.20. The highest BCUT2D eigenvalue weighted by Crippen LogP contribution is 1.99. The van der Waals surface area contributed by atoms with Crippen molar-refractivity contribution >= 4 is 23.6 Å². The van der Waals surface area contributed by atoms with Gasteiger partial charge in [0, 0.05) is 0 Å². The van der Waals surface area contributed by atoms with Crippen molar-refractivity contribution in [1.82, 2.24) is 31.9 Å². The zero-order valence-corrected chi connectivity index (χ0v) is 14.0. The average Bonchev–Trinajstić information content (AvgIpc) is 2.40. The Morgan fingerprint density at radius 1 is 0.630 bits per heavy atom. The van der Waals surface area contributed by atoms with Crippen LogP contribution >= 0.6 is 0 Å². The van der Waals surface area contributed by atoms with Crippen molar-refractivity contribution in [3.63, 3.8) is 0 Å². The van der Waals surface area contributed by atoms with Crippen molar-refractivity contribution in [2.45, 2.75) is 62.1 Å². The Kier molecular flexibility index (Phi) is 24.7. The number of hydrogen-bond acceptors (Lipinski definition) is 6. The highest BCUT2D eigenvalue weighted by atomic mass is 16.2. The first-order valence-electron chi connectivity index (χ1n) is 7.14. The van der Waals surface area contributed by atoms with Gasteiger partial charge in [-0.05, 0) is 27.9 Å². The number of carbonyl (C=O) groups excluding carboxylic acids is 4. The minimum Gasteiger partial charge on any atom is -0.343 e. The van der Waals surface area contributed by atoms with Crippen LogP contribution < -0.4 is 31.9 Å². The Morgan fingerprint density at radius 2 is 0.926 bits per heavy atom. The molecule has 0 rings (SSSR count). The van der Waals surface area contributed by atoms with E-state index < -0.39 is 29.3 Å². The summed E-state index contributed by atoms with van der Waals surface area (Å²) in [5.74, 6) is -1.96. The first-order chi connectivity index (χ1) is 10.7. The van der Waals surface area contributed by atoms with Crippen LogP contribution in [0.1, 0.15) is 56.4 Å². The molecule has 10 nitrogen and oxygen atoms in total. The molecule has 0 saturated carbocycles. The van der Waals surface area contributed by atoms with E-state index >= 15 is 0 Å². The van der Waals surface area contributed by atoms with E-state index in [1.807, 2.05) is 0 Å². The van der Waals surface area contributed by atoms with E-state index in [4.69, 9.17) is 0 Å². The van der Waals surface area contributed by atoms with Gasteiger partial charge in [0.25, 0.3) is 0 Å². The summed E-state index contributed by atoms with van der Waals surface area (Å²) < 4.78 is 0. The molecule has 4 amide bonds. The zero-order valence-electron chi connectivity index (χ0n) is 14.0. The van der Waals surface area contributed by atoms with Crippen molar-refractivity contribution in [3.05, 3.63) is 0 Å². The summed E-state index contributed by atoms with van der Waals surface area (Å²) in [5.41, 5.74) is -1.08. The fourth-order valence-corrected chi connectivity index (χ4v) is 1.61. The molecule has 0 aliphatic rings. The van der Waals surface area contributed by atoms with E-state index in [1.54, 1.807) is 27.9 Å². The topological polar surface area (TPSA) is 140 Å². The Balaban J connectivity index is -0.000000403. The van der Waals surface area contributed by atoms with Crippen LogP contribution in [-0.4, -0.2) is 56.7 Å². The standard InChI is InChI=1S/C13H26N6O4.4CH4/c1-13(2,18-11(22)5-9(20)16-7-14-3)19-12(23)6-10(21)17-8-15-4;;;;/h14-15H,5-8H2,1-4H3,(H,16,20)(H,17,21)(H,18,22)(H,19,23);4*1H4. The Morgan fingerprint density at radius 3 is 1.19 bits per heavy atom. The van der Waals surface area contributed by atoms with Crippen LogP contribution in [0, 0.1) is 0 Å². The molecule has 0 heterocycles. The Bertz CT molecular complexity index is 403. The summed E-state index contributed by atoms with van der Waals surface area (Å²) in [7, 11) is 3.32. The predicted molar refractivity (Wildman–Crippen MR) is 111 cm³/mol. The molecule has 0 aromatic carbocycles. The van der Waals surface area contributed by atoms with Crippen LogP contribution in [0.3, 0.4) is 0 Å². The molecule has 0 unspecified atom stereocenters. The number of amides is 4. The summed E-state index contributed by atoms with van der Waals surface area (Å²) in [6, 6.07) is 0. The number of rotatable bonds is 10. The fraction of sp³-hybridized carbons (Fsp3) is 0.765. The number of hydrogen-bond donors (Lipinski definition) is 6. The van der Waals surface area contributed by atoms with Gasteiger partial charge in [-0.2, -0.15) is 0 Å². The second-order valence-electron chi connectivity index (χ2n) is 5.34. The maximum Gasteiger partial charge on any atom is 0.231 e. The molecule has 0 radical (unpaired) electrons. The third kappa shape index (κ3) is 20.0. The molecule has 0 spiro atoms. The number of carbonyl (C=O) groups is 4. The second-order valence-corrected chi connectivity index (χ2v) is 5.34. The molecule has 0 atom stereocenters. The summed E-state index contributed by atoms with van der Waals surface area (Å²) in [6.07, 6.45) is -0.715. The average molecular weight is 395 g/mol. The summed E-state index contributed by atoms with van der Waals surface area (Å²) in [6.45, 7) is 3.63. The zero-order chi connectivity index (χ0) is 17.9. The monoisotopic (exact) mass is 394 g/mol. The van der Waals surface area contributed by atoms with Crippen LogP contribution in [0.15, 0.2) is 0 Å². The molecular weight excluding hydrogens is 352 g/mol. The van der Waals surface area contributed by atoms with Gasteiger partial charge in [0.05, 0.1) is 13.3 Å². The molecule has 0 bridgehead atoms. The molecule has 10 heteroatoms. The Labute approximate surface area is 165 Å². The van der Waals surface area contributed by atoms with E-state index in [9.17, 15) is 19.2 Å². The molecule has 0 saturated heterocycles. The molecule has 0 fully saturated rings. The molecule has 27 heavy (non-hydrogen) atoms. The van der Waals surface area contributed by atoms with Crippen LogP contribution in [0.4, 0.5) is 0 Å². The van der Waals surface area contributed by atoms with Gasteiger partial charge in [0.1, 0.15) is 18.5 Å². The lowest BCUT2D eigenvalue weighted by Gasteiger charge is -2.27. The van der Waals surface area contributed by atoms with Gasteiger partial charge in [-0.1, -0.05) is 29.7 Å². The van der Waals surface area contributed by atoms with Crippen LogP contribution in [-0.2, 0) is 19.2 Å². The summed E-state index contributed by atoms with van der Waals surface area (Å²) in [5, 5.41) is 15.4. The maximum atomic E-state index is 11.7. The predicted octanol–water partition coefficient (Wildman–Crippen LogP) is -0.134. The van der Waals surface area contributed by atoms with Crippen LogP contribution in [0.2, 0.25) is 0 Å². The van der Waals surface area contributed by atoms with Crippen molar-refractivity contribution in [2.75, 3.05) is 27.4 Å². The highest BCUT2D eigenvalue weighted by molar-refractivity contribution is 5.98. The van der Waals surface area contributed by atoms with Crippen LogP contribution in [0.25, 0.3) is 0 Å². The van der Waals surface area contributed by atoms with Crippen molar-refractivity contribution in [1.29, 1.82) is 0 Å². The number of nitrogens with one attached hydrogen (secondary N) is 6. The van der Waals surface area contributed by atoms with Crippen molar-refractivity contribution < 1.29 is 19.2 Å². The first-order valence-corrected chi connectivity index (χ1v) is 7.14. The normalized spacial score (nSPS) is 9.04. The quantitative estimate of drug-likeness (QED) is 0.225. The molecule has 164 valence electrons. The smallest absolute Gasteiger partial charge is 0.231 e. The highest BCUT2D eigenvalue weighted by Gasteiger charge is 2.24. The fourth-order valence-electron chi connectivity index (χ4n) is 1.61. The third-order valence-corrected chi connectivity index (χ3v) is 2.47. The molecule has 0 aliphatic carbocycles. The van der Waals surface area contributed by atoms with Crippen LogP contribution in [0.5, 0.6) is 0 Å². The third-order valence-electron chi connectivity index (χ3n) is 2.47. The molecular formula is C17H42N6O4. The minimum absolute atomic E-state index is 0. The van der Waals surface area contributed by atoms with Gasteiger partial charge in [-0.15, -0.1) is 0 Å². The summed E-state index contributed by atoms with van der Waals surface area (Å²) in [4.78, 5) is 46.3. The summed E-state index contributed by atoms with van der Waals surface area (Å²) >= 11 is 0. The lowest BCUT2D eigenvalue weighted by Crippen LogP contribution is -2.57. The largest absolute Gasteiger partial charge is 0.343 e. The van der Waals surface area contributed by atoms with E-state index in [-0.39, 0.29) is 55.9 Å². The lowest BCUT2D eigenvalue weighted by molar-refractivity contribution is -0.131.